The van der Waals surface area contributed by atoms with Gasteiger partial charge in [-0.3, -0.25) is 14.4 Å². The van der Waals surface area contributed by atoms with Crippen molar-refractivity contribution in [1.29, 1.82) is 0 Å². The molecule has 2 fully saturated rings. The lowest BCUT2D eigenvalue weighted by molar-refractivity contribution is -0.138. The summed E-state index contributed by atoms with van der Waals surface area (Å²) in [5, 5.41) is 19.0. The van der Waals surface area contributed by atoms with Crippen LogP contribution < -0.4 is 10.6 Å². The molecular formula is C21H31ClN4O5. The summed E-state index contributed by atoms with van der Waals surface area (Å²) in [6.45, 7) is 4.62. The fraction of sp³-hybridized carbons (Fsp3) is 0.619. The molecule has 31 heavy (non-hydrogen) atoms. The summed E-state index contributed by atoms with van der Waals surface area (Å²) in [6.07, 6.45) is 6.78. The standard InChI is InChI=1S/C21H30N4O5.ClH/c1-14-11-18(30-24-14)17(12-20(27)28)23-21(29)16-3-2-10-25(13-16)19(26)5-4-15-6-8-22-9-7-15;/h4-5,11,15-17,22H,2-3,6-10,12-13H2,1H3,(H,23,29)(H,27,28);1H/b5-4+;/t16-,17?;/m1./s1. The van der Waals surface area contributed by atoms with Crippen LogP contribution in [0.1, 0.15) is 49.6 Å². The minimum absolute atomic E-state index is 0. The Kier molecular flexibility index (Phi) is 9.51. The van der Waals surface area contributed by atoms with E-state index in [9.17, 15) is 19.5 Å². The second-order valence-electron chi connectivity index (χ2n) is 8.10. The highest BCUT2D eigenvalue weighted by atomic mass is 35.5. The van der Waals surface area contributed by atoms with Crippen molar-refractivity contribution in [2.24, 2.45) is 11.8 Å². The van der Waals surface area contributed by atoms with E-state index in [1.165, 1.54) is 0 Å². The maximum absolute atomic E-state index is 12.8. The molecule has 0 bridgehead atoms. The van der Waals surface area contributed by atoms with Gasteiger partial charge in [-0.25, -0.2) is 0 Å². The fourth-order valence-corrected chi connectivity index (χ4v) is 3.99. The number of likely N-dealkylation sites (tertiary alicyclic amines) is 1. The van der Waals surface area contributed by atoms with Crippen molar-refractivity contribution in [3.63, 3.8) is 0 Å². The Morgan fingerprint density at radius 3 is 2.74 bits per heavy atom. The molecule has 9 nitrogen and oxygen atoms in total. The molecule has 0 aromatic carbocycles. The molecule has 0 radical (unpaired) electrons. The summed E-state index contributed by atoms with van der Waals surface area (Å²) in [5.74, 6) is -1.03. The van der Waals surface area contributed by atoms with Crippen molar-refractivity contribution < 1.29 is 24.0 Å². The van der Waals surface area contributed by atoms with Crippen LogP contribution in [0.15, 0.2) is 22.7 Å². The zero-order chi connectivity index (χ0) is 21.5. The quantitative estimate of drug-likeness (QED) is 0.536. The Balaban J connectivity index is 0.00000341. The zero-order valence-corrected chi connectivity index (χ0v) is 18.5. The van der Waals surface area contributed by atoms with Crippen LogP contribution in [0.25, 0.3) is 0 Å². The van der Waals surface area contributed by atoms with E-state index in [4.69, 9.17) is 4.52 Å². The van der Waals surface area contributed by atoms with Gasteiger partial charge in [0.05, 0.1) is 18.0 Å². The predicted molar refractivity (Wildman–Crippen MR) is 116 cm³/mol. The van der Waals surface area contributed by atoms with E-state index in [2.05, 4.69) is 15.8 Å². The number of carbonyl (C=O) groups excluding carboxylic acids is 2. The number of aromatic nitrogens is 1. The normalized spacial score (nSPS) is 20.8. The van der Waals surface area contributed by atoms with Crippen LogP contribution in [0.2, 0.25) is 0 Å². The number of nitrogens with one attached hydrogen (secondary N) is 2. The van der Waals surface area contributed by atoms with Crippen molar-refractivity contribution in [1.82, 2.24) is 20.7 Å². The van der Waals surface area contributed by atoms with Gasteiger partial charge in [0, 0.05) is 19.2 Å². The van der Waals surface area contributed by atoms with Gasteiger partial charge < -0.3 is 25.2 Å². The first-order valence-corrected chi connectivity index (χ1v) is 10.6. The van der Waals surface area contributed by atoms with Gasteiger partial charge in [-0.15, -0.1) is 12.4 Å². The van der Waals surface area contributed by atoms with Gasteiger partial charge in [0.25, 0.3) is 0 Å². The number of hydrogen-bond acceptors (Lipinski definition) is 6. The Bertz CT molecular complexity index is 790. The number of halogens is 1. The number of rotatable bonds is 7. The fourth-order valence-electron chi connectivity index (χ4n) is 3.99. The molecule has 2 aliphatic rings. The second-order valence-corrected chi connectivity index (χ2v) is 8.10. The number of piperidine rings is 2. The van der Waals surface area contributed by atoms with Crippen LogP contribution in [0.5, 0.6) is 0 Å². The van der Waals surface area contributed by atoms with Crippen LogP contribution in [0.3, 0.4) is 0 Å². The average molecular weight is 455 g/mol. The maximum Gasteiger partial charge on any atom is 0.305 e. The molecule has 2 aliphatic heterocycles. The van der Waals surface area contributed by atoms with Gasteiger partial charge in [-0.05, 0) is 57.7 Å². The summed E-state index contributed by atoms with van der Waals surface area (Å²) in [7, 11) is 0. The second kappa shape index (κ2) is 11.9. The molecule has 1 aromatic rings. The summed E-state index contributed by atoms with van der Waals surface area (Å²) < 4.78 is 5.16. The summed E-state index contributed by atoms with van der Waals surface area (Å²) >= 11 is 0. The molecule has 1 unspecified atom stereocenters. The van der Waals surface area contributed by atoms with Crippen LogP contribution in [0, 0.1) is 18.8 Å². The molecule has 0 spiro atoms. The first-order chi connectivity index (χ1) is 14.4. The van der Waals surface area contributed by atoms with E-state index in [0.717, 1.165) is 32.4 Å². The van der Waals surface area contributed by atoms with Crippen LogP contribution in [-0.2, 0) is 14.4 Å². The Labute approximate surface area is 188 Å². The van der Waals surface area contributed by atoms with E-state index < -0.39 is 12.0 Å². The Hall–Kier alpha value is -2.39. The third-order valence-corrected chi connectivity index (χ3v) is 5.68. The lowest BCUT2D eigenvalue weighted by Gasteiger charge is -2.32. The first kappa shape index (κ1) is 24.9. The largest absolute Gasteiger partial charge is 0.481 e. The number of nitrogens with zero attached hydrogens (tertiary/aromatic N) is 2. The SMILES string of the molecule is Cc1cc(C(CC(=O)O)NC(=O)[C@@H]2CCCN(C(=O)/C=C/C3CCNCC3)C2)on1.Cl. The molecule has 1 aromatic heterocycles. The highest BCUT2D eigenvalue weighted by molar-refractivity contribution is 5.88. The number of aryl methyl sites for hydroxylation is 1. The number of aliphatic carboxylic acids is 1. The monoisotopic (exact) mass is 454 g/mol. The molecule has 3 heterocycles. The molecule has 0 saturated carbocycles. The van der Waals surface area contributed by atoms with Gasteiger partial charge in [0.2, 0.25) is 11.8 Å². The van der Waals surface area contributed by atoms with Crippen LogP contribution in [-0.4, -0.2) is 59.1 Å². The minimum atomic E-state index is -1.04. The van der Waals surface area contributed by atoms with E-state index in [1.54, 1.807) is 24.0 Å². The van der Waals surface area contributed by atoms with Crippen molar-refractivity contribution in [3.8, 4) is 0 Å². The Morgan fingerprint density at radius 1 is 1.35 bits per heavy atom. The van der Waals surface area contributed by atoms with Crippen LogP contribution >= 0.6 is 12.4 Å². The predicted octanol–water partition coefficient (Wildman–Crippen LogP) is 1.83. The molecule has 3 N–H and O–H groups in total. The van der Waals surface area contributed by atoms with E-state index in [-0.39, 0.29) is 36.6 Å². The summed E-state index contributed by atoms with van der Waals surface area (Å²) in [4.78, 5) is 38.3. The van der Waals surface area contributed by atoms with Gasteiger partial charge in [0.1, 0.15) is 6.04 Å². The van der Waals surface area contributed by atoms with Gasteiger partial charge in [0.15, 0.2) is 5.76 Å². The topological polar surface area (TPSA) is 125 Å². The van der Waals surface area contributed by atoms with E-state index >= 15 is 0 Å². The lowest BCUT2D eigenvalue weighted by Crippen LogP contribution is -2.46. The van der Waals surface area contributed by atoms with E-state index in [0.29, 0.717) is 36.9 Å². The summed E-state index contributed by atoms with van der Waals surface area (Å²) in [5.41, 5.74) is 0.615. The third kappa shape index (κ3) is 7.36. The molecule has 2 atom stereocenters. The maximum atomic E-state index is 12.8. The molecule has 2 amide bonds. The minimum Gasteiger partial charge on any atom is -0.481 e. The first-order valence-electron chi connectivity index (χ1n) is 10.6. The van der Waals surface area contributed by atoms with Gasteiger partial charge in [-0.1, -0.05) is 11.2 Å². The van der Waals surface area contributed by atoms with Gasteiger partial charge in [-0.2, -0.15) is 0 Å². The molecule has 3 rings (SSSR count). The average Bonchev–Trinajstić information content (AvgIpc) is 3.18. The number of amides is 2. The molecule has 0 aliphatic carbocycles. The number of carbonyl (C=O) groups is 3. The van der Waals surface area contributed by atoms with Crippen molar-refractivity contribution >= 4 is 30.2 Å². The third-order valence-electron chi connectivity index (χ3n) is 5.68. The smallest absolute Gasteiger partial charge is 0.305 e. The number of carboxylic acid groups (broad SMARTS) is 1. The van der Waals surface area contributed by atoms with Crippen molar-refractivity contribution in [2.45, 2.75) is 45.1 Å². The lowest BCUT2D eigenvalue weighted by atomic mass is 9.95. The van der Waals surface area contributed by atoms with Gasteiger partial charge >= 0.3 is 5.97 Å². The van der Waals surface area contributed by atoms with Crippen molar-refractivity contribution in [3.05, 3.63) is 29.7 Å². The molecule has 172 valence electrons. The number of hydrogen-bond donors (Lipinski definition) is 3. The molecule has 2 saturated heterocycles. The van der Waals surface area contributed by atoms with Crippen LogP contribution in [0.4, 0.5) is 0 Å². The highest BCUT2D eigenvalue weighted by Crippen LogP contribution is 2.22. The highest BCUT2D eigenvalue weighted by Gasteiger charge is 2.31. The number of carboxylic acids is 1. The van der Waals surface area contributed by atoms with Crippen molar-refractivity contribution in [2.75, 3.05) is 26.2 Å². The van der Waals surface area contributed by atoms with E-state index in [1.807, 2.05) is 6.08 Å². The molecular weight excluding hydrogens is 424 g/mol. The summed E-state index contributed by atoms with van der Waals surface area (Å²) in [6, 6.07) is 0.831. The number of allylic oxidation sites excluding steroid dienone is 1. The zero-order valence-electron chi connectivity index (χ0n) is 17.7. The Morgan fingerprint density at radius 2 is 2.10 bits per heavy atom. The molecule has 10 heteroatoms.